The average molecular weight is 299 g/mol. The van der Waals surface area contributed by atoms with Crippen LogP contribution in [0, 0.1) is 5.92 Å². The summed E-state index contributed by atoms with van der Waals surface area (Å²) in [5.74, 6) is -1.65. The fraction of sp³-hybridized carbons (Fsp3) is 0.786. The van der Waals surface area contributed by atoms with Gasteiger partial charge in [0.05, 0.1) is 0 Å². The highest BCUT2D eigenvalue weighted by Gasteiger charge is 2.25. The van der Waals surface area contributed by atoms with E-state index in [1.807, 2.05) is 14.0 Å². The molecule has 7 nitrogen and oxygen atoms in total. The number of carboxylic acid groups (broad SMARTS) is 1. The van der Waals surface area contributed by atoms with E-state index in [9.17, 15) is 14.4 Å². The number of nitrogens with zero attached hydrogens (tertiary/aromatic N) is 2. The molecule has 0 spiro atoms. The van der Waals surface area contributed by atoms with E-state index in [0.29, 0.717) is 6.54 Å². The zero-order valence-corrected chi connectivity index (χ0v) is 13.0. The monoisotopic (exact) mass is 299 g/mol. The number of carbonyl (C=O) groups is 3. The molecule has 2 atom stereocenters. The van der Waals surface area contributed by atoms with E-state index in [1.165, 1.54) is 0 Å². The molecule has 1 heterocycles. The van der Waals surface area contributed by atoms with Crippen LogP contribution in [0.4, 0.5) is 4.79 Å². The lowest BCUT2D eigenvalue weighted by molar-refractivity contribution is -0.138. The Morgan fingerprint density at radius 2 is 1.95 bits per heavy atom. The summed E-state index contributed by atoms with van der Waals surface area (Å²) < 4.78 is 0. The van der Waals surface area contributed by atoms with Crippen molar-refractivity contribution in [2.45, 2.75) is 39.2 Å². The van der Waals surface area contributed by atoms with Gasteiger partial charge in [0.2, 0.25) is 5.91 Å². The number of aliphatic carboxylic acids is 1. The predicted molar refractivity (Wildman–Crippen MR) is 77.9 cm³/mol. The maximum atomic E-state index is 12.1. The summed E-state index contributed by atoms with van der Waals surface area (Å²) in [4.78, 5) is 38.3. The Labute approximate surface area is 125 Å². The molecule has 2 N–H and O–H groups in total. The molecule has 0 aliphatic carbocycles. The van der Waals surface area contributed by atoms with E-state index < -0.39 is 11.9 Å². The van der Waals surface area contributed by atoms with Crippen molar-refractivity contribution in [1.29, 1.82) is 0 Å². The van der Waals surface area contributed by atoms with Gasteiger partial charge in [-0.05, 0) is 32.9 Å². The lowest BCUT2D eigenvalue weighted by atomic mass is 10.0. The van der Waals surface area contributed by atoms with Crippen molar-refractivity contribution < 1.29 is 19.5 Å². The number of amides is 3. The largest absolute Gasteiger partial charge is 0.481 e. The first kappa shape index (κ1) is 17.4. The molecule has 3 amide bonds. The third kappa shape index (κ3) is 6.12. The van der Waals surface area contributed by atoms with E-state index >= 15 is 0 Å². The summed E-state index contributed by atoms with van der Waals surface area (Å²) in [6.07, 6.45) is 0.838. The fourth-order valence-electron chi connectivity index (χ4n) is 2.60. The number of carbonyl (C=O) groups excluding carboxylic acids is 2. The minimum absolute atomic E-state index is 0.0418. The maximum absolute atomic E-state index is 12.1. The lowest BCUT2D eigenvalue weighted by Gasteiger charge is -2.27. The lowest BCUT2D eigenvalue weighted by Crippen LogP contribution is -2.49. The zero-order chi connectivity index (χ0) is 16.0. The molecule has 0 aromatic heterocycles. The van der Waals surface area contributed by atoms with Gasteiger partial charge in [-0.3, -0.25) is 14.9 Å². The third-order valence-electron chi connectivity index (χ3n) is 3.61. The van der Waals surface area contributed by atoms with Crippen LogP contribution in [-0.2, 0) is 9.59 Å². The van der Waals surface area contributed by atoms with Gasteiger partial charge in [0, 0.05) is 32.0 Å². The quantitative estimate of drug-likeness (QED) is 0.799. The Bertz CT molecular complexity index is 400. The van der Waals surface area contributed by atoms with Crippen LogP contribution in [-0.4, -0.2) is 65.5 Å². The van der Waals surface area contributed by atoms with Crippen molar-refractivity contribution in [2.24, 2.45) is 5.92 Å². The van der Waals surface area contributed by atoms with Crippen LogP contribution in [0.15, 0.2) is 0 Å². The Morgan fingerprint density at radius 1 is 1.29 bits per heavy atom. The molecule has 1 saturated heterocycles. The number of hydrogen-bond acceptors (Lipinski definition) is 4. The van der Waals surface area contributed by atoms with Crippen LogP contribution < -0.4 is 5.32 Å². The average Bonchev–Trinajstić information content (AvgIpc) is 2.48. The van der Waals surface area contributed by atoms with Crippen LogP contribution in [0.3, 0.4) is 0 Å². The van der Waals surface area contributed by atoms with Crippen molar-refractivity contribution in [3.05, 3.63) is 0 Å². The number of hydrogen-bond donors (Lipinski definition) is 2. The normalized spacial score (nSPS) is 21.5. The molecular weight excluding hydrogens is 274 g/mol. The standard InChI is InChI=1S/C14H25N3O4/c1-10(8-13(19)20)7-12(18)15-14(21)17-6-4-5-16(3)9-11(17)2/h10-11H,4-9H2,1-3H3,(H,19,20)(H,15,18,21). The minimum atomic E-state index is -0.939. The second kappa shape index (κ2) is 7.97. The van der Waals surface area contributed by atoms with Gasteiger partial charge in [-0.25, -0.2) is 4.79 Å². The van der Waals surface area contributed by atoms with E-state index in [-0.39, 0.29) is 30.8 Å². The Kier molecular flexibility index (Phi) is 6.61. The zero-order valence-electron chi connectivity index (χ0n) is 13.0. The maximum Gasteiger partial charge on any atom is 0.324 e. The summed E-state index contributed by atoms with van der Waals surface area (Å²) in [7, 11) is 2.01. The predicted octanol–water partition coefficient (Wildman–Crippen LogP) is 0.750. The van der Waals surface area contributed by atoms with Crippen molar-refractivity contribution in [3.8, 4) is 0 Å². The van der Waals surface area contributed by atoms with E-state index in [0.717, 1.165) is 19.5 Å². The number of likely N-dealkylation sites (N-methyl/N-ethyl adjacent to an activating group) is 1. The van der Waals surface area contributed by atoms with Crippen LogP contribution in [0.25, 0.3) is 0 Å². The summed E-state index contributed by atoms with van der Waals surface area (Å²) in [6, 6.07) is -0.341. The molecule has 1 aliphatic rings. The highest BCUT2D eigenvalue weighted by atomic mass is 16.4. The molecule has 0 aromatic rings. The van der Waals surface area contributed by atoms with Gasteiger partial charge in [-0.1, -0.05) is 6.92 Å². The summed E-state index contributed by atoms with van der Waals surface area (Å²) in [6.45, 7) is 5.96. The molecule has 21 heavy (non-hydrogen) atoms. The van der Waals surface area contributed by atoms with Crippen molar-refractivity contribution in [1.82, 2.24) is 15.1 Å². The molecule has 2 unspecified atom stereocenters. The van der Waals surface area contributed by atoms with Crippen molar-refractivity contribution in [2.75, 3.05) is 26.7 Å². The van der Waals surface area contributed by atoms with E-state index in [1.54, 1.807) is 11.8 Å². The second-order valence-corrected chi connectivity index (χ2v) is 5.92. The molecule has 0 bridgehead atoms. The SMILES string of the molecule is CC(CC(=O)O)CC(=O)NC(=O)N1CCCN(C)CC1C. The number of nitrogens with one attached hydrogen (secondary N) is 1. The number of rotatable bonds is 4. The molecule has 0 saturated carbocycles. The van der Waals surface area contributed by atoms with Crippen LogP contribution in [0.2, 0.25) is 0 Å². The Morgan fingerprint density at radius 3 is 2.57 bits per heavy atom. The molecule has 120 valence electrons. The van der Waals surface area contributed by atoms with Gasteiger partial charge in [0.1, 0.15) is 0 Å². The molecule has 1 fully saturated rings. The third-order valence-corrected chi connectivity index (χ3v) is 3.61. The molecular formula is C14H25N3O4. The van der Waals surface area contributed by atoms with Gasteiger partial charge in [-0.15, -0.1) is 0 Å². The molecule has 1 aliphatic heterocycles. The van der Waals surface area contributed by atoms with Gasteiger partial charge >= 0.3 is 12.0 Å². The summed E-state index contributed by atoms with van der Waals surface area (Å²) in [5.41, 5.74) is 0. The van der Waals surface area contributed by atoms with Gasteiger partial charge < -0.3 is 14.9 Å². The number of urea groups is 1. The first-order valence-electron chi connectivity index (χ1n) is 7.30. The molecule has 0 radical (unpaired) electrons. The molecule has 7 heteroatoms. The topological polar surface area (TPSA) is 89.9 Å². The minimum Gasteiger partial charge on any atom is -0.481 e. The Hall–Kier alpha value is -1.63. The number of carboxylic acids is 1. The van der Waals surface area contributed by atoms with E-state index in [4.69, 9.17) is 5.11 Å². The molecule has 1 rings (SSSR count). The van der Waals surface area contributed by atoms with Crippen molar-refractivity contribution >= 4 is 17.9 Å². The van der Waals surface area contributed by atoms with Gasteiger partial charge in [0.25, 0.3) is 0 Å². The van der Waals surface area contributed by atoms with Crippen LogP contribution in [0.5, 0.6) is 0 Å². The van der Waals surface area contributed by atoms with Gasteiger partial charge in [0.15, 0.2) is 0 Å². The van der Waals surface area contributed by atoms with Crippen LogP contribution >= 0.6 is 0 Å². The Balaban J connectivity index is 2.47. The highest BCUT2D eigenvalue weighted by molar-refractivity contribution is 5.94. The fourth-order valence-corrected chi connectivity index (χ4v) is 2.60. The second-order valence-electron chi connectivity index (χ2n) is 5.92. The highest BCUT2D eigenvalue weighted by Crippen LogP contribution is 2.10. The summed E-state index contributed by atoms with van der Waals surface area (Å²) >= 11 is 0. The van der Waals surface area contributed by atoms with E-state index in [2.05, 4.69) is 10.2 Å². The first-order valence-corrected chi connectivity index (χ1v) is 7.30. The first-order chi connectivity index (χ1) is 9.79. The summed E-state index contributed by atoms with van der Waals surface area (Å²) in [5, 5.41) is 11.0. The van der Waals surface area contributed by atoms with Crippen LogP contribution in [0.1, 0.15) is 33.1 Å². The van der Waals surface area contributed by atoms with Crippen molar-refractivity contribution in [3.63, 3.8) is 0 Å². The number of imide groups is 1. The molecule has 0 aromatic carbocycles. The van der Waals surface area contributed by atoms with Gasteiger partial charge in [-0.2, -0.15) is 0 Å². The smallest absolute Gasteiger partial charge is 0.324 e.